The fourth-order valence-corrected chi connectivity index (χ4v) is 10.3. The highest BCUT2D eigenvalue weighted by Gasteiger charge is 2.56. The van der Waals surface area contributed by atoms with E-state index in [1.165, 1.54) is 39.0 Å². The van der Waals surface area contributed by atoms with Crippen molar-refractivity contribution < 1.29 is 19.5 Å². The van der Waals surface area contributed by atoms with Gasteiger partial charge in [0.15, 0.2) is 5.82 Å². The molecule has 1 aliphatic carbocycles. The number of para-hydroxylation sites is 1. The summed E-state index contributed by atoms with van der Waals surface area (Å²) < 4.78 is 0. The molecule has 13 heteroatoms. The zero-order valence-electron chi connectivity index (χ0n) is 30.0. The maximum Gasteiger partial charge on any atom is 0.255 e. The van der Waals surface area contributed by atoms with E-state index in [1.54, 1.807) is 11.0 Å². The third kappa shape index (κ3) is 5.97. The Kier molecular flexibility index (Phi) is 8.05. The SMILES string of the molecule is O=C1CCC(N2Cc3cc(N4CCC(CN5C[C@@H]6C(CN7CCN8c9cc(-c%10ccccc%10O)nnc9NC[C@H]8C7)[C@@H]6C5)CC4)ccc3C2=O)C(=O)N1. The number of piperazine rings is 1. The summed E-state index contributed by atoms with van der Waals surface area (Å²) in [7, 11) is 0. The molecule has 7 heterocycles. The monoisotopic (exact) mass is 717 g/mol. The number of phenolic OH excluding ortho intramolecular Hbond substituents is 1. The van der Waals surface area contributed by atoms with Crippen LogP contribution in [0.3, 0.4) is 0 Å². The van der Waals surface area contributed by atoms with Gasteiger partial charge in [0.25, 0.3) is 5.91 Å². The minimum absolute atomic E-state index is 0.113. The van der Waals surface area contributed by atoms with Crippen molar-refractivity contribution in [3.8, 4) is 17.0 Å². The number of likely N-dealkylation sites (tertiary alicyclic amines) is 1. The summed E-state index contributed by atoms with van der Waals surface area (Å²) in [5, 5.41) is 25.2. The van der Waals surface area contributed by atoms with Gasteiger partial charge in [-0.2, -0.15) is 0 Å². The highest BCUT2D eigenvalue weighted by molar-refractivity contribution is 6.05. The lowest BCUT2D eigenvalue weighted by Crippen LogP contribution is -2.58. The highest BCUT2D eigenvalue weighted by atomic mass is 16.3. The number of benzene rings is 2. The molecule has 1 saturated carbocycles. The van der Waals surface area contributed by atoms with E-state index >= 15 is 0 Å². The summed E-state index contributed by atoms with van der Waals surface area (Å²) in [4.78, 5) is 49.2. The van der Waals surface area contributed by atoms with Crippen LogP contribution in [0.4, 0.5) is 17.2 Å². The molecule has 0 radical (unpaired) electrons. The van der Waals surface area contributed by atoms with Crippen molar-refractivity contribution in [2.45, 2.75) is 44.3 Å². The zero-order valence-corrected chi connectivity index (χ0v) is 30.0. The predicted octanol–water partition coefficient (Wildman–Crippen LogP) is 2.62. The molecule has 1 aromatic heterocycles. The first kappa shape index (κ1) is 32.9. The molecule has 6 aliphatic heterocycles. The Labute approximate surface area is 309 Å². The number of phenols is 1. The van der Waals surface area contributed by atoms with Crippen molar-refractivity contribution in [2.24, 2.45) is 23.7 Å². The largest absolute Gasteiger partial charge is 0.507 e. The van der Waals surface area contributed by atoms with Crippen molar-refractivity contribution in [1.29, 1.82) is 0 Å². The molecule has 53 heavy (non-hydrogen) atoms. The number of nitrogens with one attached hydrogen (secondary N) is 2. The summed E-state index contributed by atoms with van der Waals surface area (Å²) in [6.07, 6.45) is 3.01. The number of nitrogens with zero attached hydrogens (tertiary/aromatic N) is 7. The smallest absolute Gasteiger partial charge is 0.255 e. The van der Waals surface area contributed by atoms with Gasteiger partial charge in [0.2, 0.25) is 11.8 Å². The number of piperidine rings is 3. The fraction of sp³-hybridized carbons (Fsp3) is 0.525. The molecular formula is C40H47N9O4. The van der Waals surface area contributed by atoms with E-state index < -0.39 is 6.04 Å². The predicted molar refractivity (Wildman–Crippen MR) is 200 cm³/mol. The molecule has 2 unspecified atom stereocenters. The molecule has 4 saturated heterocycles. The summed E-state index contributed by atoms with van der Waals surface area (Å²) in [5.74, 6) is 3.52. The molecule has 10 rings (SSSR count). The van der Waals surface area contributed by atoms with Crippen LogP contribution in [0.5, 0.6) is 5.75 Å². The maximum atomic E-state index is 13.1. The van der Waals surface area contributed by atoms with E-state index in [0.29, 0.717) is 41.7 Å². The number of amides is 3. The molecular weight excluding hydrogens is 670 g/mol. The topological polar surface area (TPSA) is 137 Å². The second-order valence-electron chi connectivity index (χ2n) is 16.4. The summed E-state index contributed by atoms with van der Waals surface area (Å²) in [5.41, 5.74) is 5.30. The number of carbonyl (C=O) groups is 3. The molecule has 0 spiro atoms. The molecule has 3 amide bonds. The van der Waals surface area contributed by atoms with Crippen LogP contribution in [0.1, 0.15) is 41.6 Å². The number of hydrogen-bond acceptors (Lipinski definition) is 11. The fourth-order valence-electron chi connectivity index (χ4n) is 10.3. The number of imide groups is 1. The highest BCUT2D eigenvalue weighted by Crippen LogP contribution is 2.52. The number of aromatic nitrogens is 2. The van der Waals surface area contributed by atoms with Crippen LogP contribution >= 0.6 is 0 Å². The Morgan fingerprint density at radius 2 is 1.64 bits per heavy atom. The second kappa shape index (κ2) is 13.0. The Morgan fingerprint density at radius 1 is 0.811 bits per heavy atom. The van der Waals surface area contributed by atoms with E-state index in [9.17, 15) is 19.5 Å². The number of anilines is 3. The third-order valence-corrected chi connectivity index (χ3v) is 13.3. The van der Waals surface area contributed by atoms with Gasteiger partial charge in [0.1, 0.15) is 11.8 Å². The standard InChI is InChI=1S/C40H47N9O4/c50-36-4-2-1-3-29(36)33-16-35-38(44-43-33)41-17-27-20-45(13-14-48(27)35)21-30-31-22-46(23-32(30)31)18-24-9-11-47(12-10-24)26-5-6-28-25(15-26)19-49(40(28)53)34-7-8-37(51)42-39(34)52/h1-6,15-16,24,27,30-32,34,50H,7-14,17-23H2,(H,41,44)(H,42,51,52)/t27-,30?,31-,32+,34?/m0/s1. The number of fused-ring (bicyclic) bond motifs is 5. The van der Waals surface area contributed by atoms with Gasteiger partial charge in [0, 0.05) is 95.2 Å². The van der Waals surface area contributed by atoms with Gasteiger partial charge >= 0.3 is 0 Å². The second-order valence-corrected chi connectivity index (χ2v) is 16.4. The van der Waals surface area contributed by atoms with Crippen LogP contribution in [0.25, 0.3) is 11.3 Å². The Morgan fingerprint density at radius 3 is 2.45 bits per heavy atom. The van der Waals surface area contributed by atoms with E-state index in [2.05, 4.69) is 58.6 Å². The van der Waals surface area contributed by atoms with Gasteiger partial charge in [0.05, 0.1) is 17.4 Å². The first-order valence-electron chi connectivity index (χ1n) is 19.5. The van der Waals surface area contributed by atoms with Crippen molar-refractivity contribution in [2.75, 3.05) is 80.6 Å². The zero-order chi connectivity index (χ0) is 35.8. The lowest BCUT2D eigenvalue weighted by atomic mass is 9.95. The van der Waals surface area contributed by atoms with Gasteiger partial charge < -0.3 is 30.0 Å². The summed E-state index contributed by atoms with van der Waals surface area (Å²) in [6, 6.07) is 15.3. The molecule has 5 fully saturated rings. The van der Waals surface area contributed by atoms with Gasteiger partial charge in [-0.05, 0) is 84.9 Å². The van der Waals surface area contributed by atoms with Crippen LogP contribution < -0.4 is 20.4 Å². The van der Waals surface area contributed by atoms with Gasteiger partial charge in [-0.25, -0.2) is 0 Å². The Hall–Kier alpha value is -4.75. The van der Waals surface area contributed by atoms with Crippen molar-refractivity contribution >= 4 is 34.9 Å². The normalized spacial score (nSPS) is 28.6. The number of carbonyl (C=O) groups excluding carboxylic acids is 3. The molecule has 3 aromatic rings. The van der Waals surface area contributed by atoms with E-state index in [-0.39, 0.29) is 29.9 Å². The molecule has 2 aromatic carbocycles. The lowest BCUT2D eigenvalue weighted by molar-refractivity contribution is -0.136. The molecule has 0 bridgehead atoms. The maximum absolute atomic E-state index is 13.1. The number of rotatable bonds is 7. The first-order valence-corrected chi connectivity index (χ1v) is 19.5. The minimum atomic E-state index is -0.578. The van der Waals surface area contributed by atoms with E-state index in [0.717, 1.165) is 79.8 Å². The average Bonchev–Trinajstić information content (AvgIpc) is 3.44. The van der Waals surface area contributed by atoms with Gasteiger partial charge in [-0.1, -0.05) is 12.1 Å². The van der Waals surface area contributed by atoms with Crippen molar-refractivity contribution in [1.82, 2.24) is 30.2 Å². The number of aromatic hydroxyl groups is 1. The average molecular weight is 718 g/mol. The third-order valence-electron chi connectivity index (χ3n) is 13.3. The molecule has 5 atom stereocenters. The van der Waals surface area contributed by atoms with Crippen LogP contribution in [0, 0.1) is 23.7 Å². The van der Waals surface area contributed by atoms with Gasteiger partial charge in [-0.3, -0.25) is 24.6 Å². The first-order chi connectivity index (χ1) is 25.9. The van der Waals surface area contributed by atoms with Crippen LogP contribution in [-0.2, 0) is 16.1 Å². The van der Waals surface area contributed by atoms with Gasteiger partial charge in [-0.15, -0.1) is 10.2 Å². The molecule has 3 N–H and O–H groups in total. The molecule has 13 nitrogen and oxygen atoms in total. The molecule has 7 aliphatic rings. The van der Waals surface area contributed by atoms with Crippen LogP contribution in [0.15, 0.2) is 48.5 Å². The Balaban J connectivity index is 0.681. The summed E-state index contributed by atoms with van der Waals surface area (Å²) in [6.45, 7) is 11.3. The van der Waals surface area contributed by atoms with Crippen LogP contribution in [-0.4, -0.2) is 125 Å². The van der Waals surface area contributed by atoms with Crippen LogP contribution in [0.2, 0.25) is 0 Å². The summed E-state index contributed by atoms with van der Waals surface area (Å²) >= 11 is 0. The van der Waals surface area contributed by atoms with Crippen molar-refractivity contribution in [3.05, 3.63) is 59.7 Å². The van der Waals surface area contributed by atoms with Crippen molar-refractivity contribution in [3.63, 3.8) is 0 Å². The number of hydrogen-bond donors (Lipinski definition) is 3. The Bertz CT molecular complexity index is 1950. The van der Waals surface area contributed by atoms with E-state index in [4.69, 9.17) is 0 Å². The quantitative estimate of drug-likeness (QED) is 0.311. The van der Waals surface area contributed by atoms with E-state index in [1.807, 2.05) is 24.3 Å². The lowest BCUT2D eigenvalue weighted by Gasteiger charge is -2.46. The minimum Gasteiger partial charge on any atom is -0.507 e. The molecule has 276 valence electrons.